The van der Waals surface area contributed by atoms with Gasteiger partial charge >= 0.3 is 0 Å². The van der Waals surface area contributed by atoms with E-state index in [1.165, 1.54) is 4.31 Å². The topological polar surface area (TPSA) is 87.3 Å². The number of rotatable bonds is 4. The minimum atomic E-state index is -3.51. The summed E-state index contributed by atoms with van der Waals surface area (Å²) < 4.78 is 34.2. The molecule has 2 rings (SSSR count). The molecule has 0 bridgehead atoms. The Labute approximate surface area is 113 Å². The van der Waals surface area contributed by atoms with Crippen LogP contribution in [0.1, 0.15) is 32.4 Å². The Morgan fingerprint density at radius 1 is 1.47 bits per heavy atom. The average molecular weight is 288 g/mol. The van der Waals surface area contributed by atoms with Crippen molar-refractivity contribution >= 4 is 10.2 Å². The molecular formula is C11H20N4O3S. The van der Waals surface area contributed by atoms with Crippen molar-refractivity contribution in [3.05, 3.63) is 18.0 Å². The molecule has 108 valence electrons. The highest BCUT2D eigenvalue weighted by molar-refractivity contribution is 7.87. The second-order valence-corrected chi connectivity index (χ2v) is 6.65. The first-order chi connectivity index (χ1) is 8.88. The standard InChI is InChI=1S/C11H20N4O3S/c1-8-6-15(7-9(2)18-8)19(16,17)14-10(3)11-4-12-13-5-11/h4-5,8-10,14H,6-7H2,1-3H3,(H,12,13). The van der Waals surface area contributed by atoms with Gasteiger partial charge in [0.15, 0.2) is 0 Å². The van der Waals surface area contributed by atoms with Gasteiger partial charge in [0.05, 0.1) is 18.4 Å². The molecule has 8 heteroatoms. The summed E-state index contributed by atoms with van der Waals surface area (Å²) in [5, 5.41) is 6.49. The van der Waals surface area contributed by atoms with Gasteiger partial charge in [-0.1, -0.05) is 0 Å². The van der Waals surface area contributed by atoms with Crippen LogP contribution in [-0.2, 0) is 14.9 Å². The molecule has 0 radical (unpaired) electrons. The van der Waals surface area contributed by atoms with E-state index in [1.807, 2.05) is 13.8 Å². The third-order valence-corrected chi connectivity index (χ3v) is 4.70. The first-order valence-corrected chi connectivity index (χ1v) is 7.74. The molecule has 3 atom stereocenters. The van der Waals surface area contributed by atoms with E-state index in [1.54, 1.807) is 19.3 Å². The zero-order valence-corrected chi connectivity index (χ0v) is 12.1. The van der Waals surface area contributed by atoms with E-state index in [0.717, 1.165) is 5.56 Å². The van der Waals surface area contributed by atoms with E-state index < -0.39 is 10.2 Å². The summed E-state index contributed by atoms with van der Waals surface area (Å²) in [5.74, 6) is 0. The maximum absolute atomic E-state index is 12.3. The predicted molar refractivity (Wildman–Crippen MR) is 70.6 cm³/mol. The van der Waals surface area contributed by atoms with Crippen molar-refractivity contribution in [2.75, 3.05) is 13.1 Å². The van der Waals surface area contributed by atoms with Crippen LogP contribution in [0.15, 0.2) is 12.4 Å². The summed E-state index contributed by atoms with van der Waals surface area (Å²) in [7, 11) is -3.51. The molecule has 1 aromatic heterocycles. The van der Waals surface area contributed by atoms with E-state index in [-0.39, 0.29) is 18.2 Å². The highest BCUT2D eigenvalue weighted by atomic mass is 32.2. The van der Waals surface area contributed by atoms with Crippen LogP contribution >= 0.6 is 0 Å². The number of hydrogen-bond donors (Lipinski definition) is 2. The molecule has 1 aliphatic heterocycles. The number of ether oxygens (including phenoxy) is 1. The Bertz CT molecular complexity index is 492. The minimum absolute atomic E-state index is 0.0930. The maximum Gasteiger partial charge on any atom is 0.280 e. The lowest BCUT2D eigenvalue weighted by Crippen LogP contribution is -2.52. The van der Waals surface area contributed by atoms with Gasteiger partial charge in [0.25, 0.3) is 10.2 Å². The Morgan fingerprint density at radius 3 is 2.63 bits per heavy atom. The number of aromatic amines is 1. The Morgan fingerprint density at radius 2 is 2.11 bits per heavy atom. The van der Waals surface area contributed by atoms with Gasteiger partial charge < -0.3 is 4.74 Å². The smallest absolute Gasteiger partial charge is 0.280 e. The quantitative estimate of drug-likeness (QED) is 0.840. The fourth-order valence-electron chi connectivity index (χ4n) is 2.19. The third kappa shape index (κ3) is 3.53. The van der Waals surface area contributed by atoms with E-state index in [2.05, 4.69) is 14.9 Å². The van der Waals surface area contributed by atoms with E-state index in [0.29, 0.717) is 13.1 Å². The second-order valence-electron chi connectivity index (χ2n) is 4.95. The van der Waals surface area contributed by atoms with Crippen molar-refractivity contribution in [3.8, 4) is 0 Å². The predicted octanol–water partition coefficient (Wildman–Crippen LogP) is 0.414. The zero-order valence-electron chi connectivity index (χ0n) is 11.3. The lowest BCUT2D eigenvalue weighted by atomic mass is 10.2. The maximum atomic E-state index is 12.3. The zero-order chi connectivity index (χ0) is 14.0. The fraction of sp³-hybridized carbons (Fsp3) is 0.727. The molecule has 0 amide bonds. The number of hydrogen-bond acceptors (Lipinski definition) is 4. The Balaban J connectivity index is 2.05. The molecular weight excluding hydrogens is 268 g/mol. The van der Waals surface area contributed by atoms with Gasteiger partial charge in [0.1, 0.15) is 0 Å². The summed E-state index contributed by atoms with van der Waals surface area (Å²) in [4.78, 5) is 0. The molecule has 1 saturated heterocycles. The molecule has 2 heterocycles. The van der Waals surface area contributed by atoms with Gasteiger partial charge in [-0.3, -0.25) is 5.10 Å². The van der Waals surface area contributed by atoms with Gasteiger partial charge in [0.2, 0.25) is 0 Å². The monoisotopic (exact) mass is 288 g/mol. The number of aromatic nitrogens is 2. The van der Waals surface area contributed by atoms with Crippen molar-refractivity contribution in [2.45, 2.75) is 39.0 Å². The lowest BCUT2D eigenvalue weighted by molar-refractivity contribution is -0.0444. The normalized spacial score (nSPS) is 27.3. The Hall–Kier alpha value is -0.960. The molecule has 3 unspecified atom stereocenters. The van der Waals surface area contributed by atoms with Crippen LogP contribution in [0, 0.1) is 0 Å². The lowest BCUT2D eigenvalue weighted by Gasteiger charge is -2.34. The summed E-state index contributed by atoms with van der Waals surface area (Å²) in [6.45, 7) is 6.28. The summed E-state index contributed by atoms with van der Waals surface area (Å²) in [6.07, 6.45) is 3.10. The van der Waals surface area contributed by atoms with Gasteiger partial charge in [-0.15, -0.1) is 0 Å². The molecule has 2 N–H and O–H groups in total. The molecule has 0 spiro atoms. The number of nitrogens with one attached hydrogen (secondary N) is 2. The molecule has 7 nitrogen and oxygen atoms in total. The van der Waals surface area contributed by atoms with E-state index >= 15 is 0 Å². The first kappa shape index (κ1) is 14.4. The second kappa shape index (κ2) is 5.58. The van der Waals surface area contributed by atoms with E-state index in [9.17, 15) is 8.42 Å². The molecule has 0 aliphatic carbocycles. The molecule has 1 fully saturated rings. The van der Waals surface area contributed by atoms with Crippen LogP contribution in [0.25, 0.3) is 0 Å². The molecule has 19 heavy (non-hydrogen) atoms. The van der Waals surface area contributed by atoms with Gasteiger partial charge in [-0.25, -0.2) is 0 Å². The van der Waals surface area contributed by atoms with Crippen LogP contribution in [-0.4, -0.2) is 48.2 Å². The minimum Gasteiger partial charge on any atom is -0.373 e. The van der Waals surface area contributed by atoms with Crippen LogP contribution in [0.3, 0.4) is 0 Å². The van der Waals surface area contributed by atoms with Gasteiger partial charge in [-0.05, 0) is 20.8 Å². The third-order valence-electron chi connectivity index (χ3n) is 3.07. The summed E-state index contributed by atoms with van der Waals surface area (Å²) >= 11 is 0. The van der Waals surface area contributed by atoms with Crippen molar-refractivity contribution in [2.24, 2.45) is 0 Å². The SMILES string of the molecule is CC1CN(S(=O)(=O)NC(C)c2cn[nH]c2)CC(C)O1. The highest BCUT2D eigenvalue weighted by Crippen LogP contribution is 2.17. The van der Waals surface area contributed by atoms with Crippen LogP contribution in [0.4, 0.5) is 0 Å². The number of H-pyrrole nitrogens is 1. The van der Waals surface area contributed by atoms with Crippen LogP contribution < -0.4 is 4.72 Å². The summed E-state index contributed by atoms with van der Waals surface area (Å²) in [6, 6.07) is -0.322. The largest absolute Gasteiger partial charge is 0.373 e. The van der Waals surface area contributed by atoms with Crippen LogP contribution in [0.5, 0.6) is 0 Å². The fourth-order valence-corrected chi connectivity index (χ4v) is 3.73. The Kier molecular flexibility index (Phi) is 4.24. The van der Waals surface area contributed by atoms with Gasteiger partial charge in [-0.2, -0.15) is 22.5 Å². The van der Waals surface area contributed by atoms with Gasteiger partial charge in [0, 0.05) is 30.9 Å². The number of nitrogens with zero attached hydrogens (tertiary/aromatic N) is 2. The number of morpholine rings is 1. The van der Waals surface area contributed by atoms with Crippen molar-refractivity contribution in [3.63, 3.8) is 0 Å². The van der Waals surface area contributed by atoms with Crippen molar-refractivity contribution < 1.29 is 13.2 Å². The average Bonchev–Trinajstić information content (AvgIpc) is 2.80. The van der Waals surface area contributed by atoms with E-state index in [4.69, 9.17) is 4.74 Å². The van der Waals surface area contributed by atoms with Crippen LogP contribution in [0.2, 0.25) is 0 Å². The molecule has 1 aliphatic rings. The molecule has 0 aromatic carbocycles. The summed E-state index contributed by atoms with van der Waals surface area (Å²) in [5.41, 5.74) is 0.804. The highest BCUT2D eigenvalue weighted by Gasteiger charge is 2.31. The molecule has 0 saturated carbocycles. The van der Waals surface area contributed by atoms with Crippen molar-refractivity contribution in [1.29, 1.82) is 0 Å². The first-order valence-electron chi connectivity index (χ1n) is 6.30. The molecule has 1 aromatic rings. The van der Waals surface area contributed by atoms with Crippen molar-refractivity contribution in [1.82, 2.24) is 19.2 Å².